The lowest BCUT2D eigenvalue weighted by molar-refractivity contribution is -0.00226. The molecule has 0 radical (unpaired) electrons. The van der Waals surface area contributed by atoms with Crippen molar-refractivity contribution in [2.24, 2.45) is 5.73 Å². The molecule has 1 unspecified atom stereocenters. The lowest BCUT2D eigenvalue weighted by atomic mass is 10.1. The second-order valence-electron chi connectivity index (χ2n) is 5.29. The molecule has 2 rings (SSSR count). The SMILES string of the molecule is CCCOC1CCCN(Cc2cccnc2C(=N)N)C1. The summed E-state index contributed by atoms with van der Waals surface area (Å²) in [6.07, 6.45) is 5.38. The van der Waals surface area contributed by atoms with Crippen LogP contribution in [0.5, 0.6) is 0 Å². The molecule has 1 aliphatic heterocycles. The molecular weight excluding hydrogens is 252 g/mol. The van der Waals surface area contributed by atoms with Crippen molar-refractivity contribution >= 4 is 5.84 Å². The average Bonchev–Trinajstić information content (AvgIpc) is 2.46. The van der Waals surface area contributed by atoms with Crippen molar-refractivity contribution < 1.29 is 4.74 Å². The normalized spacial score (nSPS) is 19.9. The first-order valence-corrected chi connectivity index (χ1v) is 7.33. The summed E-state index contributed by atoms with van der Waals surface area (Å²) in [5.41, 5.74) is 7.22. The van der Waals surface area contributed by atoms with Crippen LogP contribution in [0, 0.1) is 5.41 Å². The molecular formula is C15H24N4O. The molecule has 20 heavy (non-hydrogen) atoms. The second kappa shape index (κ2) is 7.36. The van der Waals surface area contributed by atoms with Gasteiger partial charge < -0.3 is 10.5 Å². The highest BCUT2D eigenvalue weighted by molar-refractivity contribution is 5.94. The first-order chi connectivity index (χ1) is 9.70. The lowest BCUT2D eigenvalue weighted by Crippen LogP contribution is -2.39. The molecule has 110 valence electrons. The van der Waals surface area contributed by atoms with Gasteiger partial charge in [-0.2, -0.15) is 0 Å². The molecule has 5 heteroatoms. The van der Waals surface area contributed by atoms with Crippen LogP contribution in [0.1, 0.15) is 37.4 Å². The van der Waals surface area contributed by atoms with E-state index in [4.69, 9.17) is 15.9 Å². The Labute approximate surface area is 120 Å². The maximum absolute atomic E-state index is 7.60. The van der Waals surface area contributed by atoms with Crippen LogP contribution in [0.25, 0.3) is 0 Å². The van der Waals surface area contributed by atoms with Crippen molar-refractivity contribution in [3.05, 3.63) is 29.6 Å². The quantitative estimate of drug-likeness (QED) is 0.613. The van der Waals surface area contributed by atoms with E-state index in [9.17, 15) is 0 Å². The van der Waals surface area contributed by atoms with Crippen LogP contribution >= 0.6 is 0 Å². The molecule has 0 aromatic carbocycles. The van der Waals surface area contributed by atoms with E-state index in [1.807, 2.05) is 12.1 Å². The van der Waals surface area contributed by atoms with Gasteiger partial charge in [0.15, 0.2) is 0 Å². The molecule has 0 spiro atoms. The Kier molecular flexibility index (Phi) is 5.49. The summed E-state index contributed by atoms with van der Waals surface area (Å²) < 4.78 is 5.85. The minimum atomic E-state index is 0.0383. The number of aromatic nitrogens is 1. The van der Waals surface area contributed by atoms with Crippen molar-refractivity contribution in [2.45, 2.75) is 38.8 Å². The van der Waals surface area contributed by atoms with Crippen LogP contribution in [-0.2, 0) is 11.3 Å². The molecule has 1 aromatic rings. The monoisotopic (exact) mass is 276 g/mol. The maximum atomic E-state index is 7.60. The van der Waals surface area contributed by atoms with Crippen LogP contribution in [-0.4, -0.2) is 41.5 Å². The topological polar surface area (TPSA) is 75.2 Å². The Balaban J connectivity index is 1.97. The predicted octanol–water partition coefficient (Wildman–Crippen LogP) is 1.76. The van der Waals surface area contributed by atoms with Gasteiger partial charge in [-0.1, -0.05) is 13.0 Å². The van der Waals surface area contributed by atoms with Crippen molar-refractivity contribution in [3.8, 4) is 0 Å². The first-order valence-electron chi connectivity index (χ1n) is 7.33. The molecule has 1 atom stereocenters. The van der Waals surface area contributed by atoms with Crippen LogP contribution in [0.3, 0.4) is 0 Å². The Morgan fingerprint density at radius 3 is 3.20 bits per heavy atom. The summed E-state index contributed by atoms with van der Waals surface area (Å²) in [7, 11) is 0. The summed E-state index contributed by atoms with van der Waals surface area (Å²) in [5, 5.41) is 7.60. The summed E-state index contributed by atoms with van der Waals surface area (Å²) in [5.74, 6) is 0.0383. The van der Waals surface area contributed by atoms with E-state index < -0.39 is 0 Å². The molecule has 0 saturated carbocycles. The highest BCUT2D eigenvalue weighted by Gasteiger charge is 2.21. The van der Waals surface area contributed by atoms with Gasteiger partial charge in [0.05, 0.1) is 6.10 Å². The van der Waals surface area contributed by atoms with Gasteiger partial charge in [-0.15, -0.1) is 0 Å². The number of nitrogen functional groups attached to an aromatic ring is 1. The van der Waals surface area contributed by atoms with Crippen molar-refractivity contribution in [1.82, 2.24) is 9.88 Å². The summed E-state index contributed by atoms with van der Waals surface area (Å²) in [6, 6.07) is 3.90. The van der Waals surface area contributed by atoms with E-state index in [1.54, 1.807) is 6.20 Å². The molecule has 0 bridgehead atoms. The standard InChI is InChI=1S/C15H24N4O/c1-2-9-20-13-6-4-8-19(11-13)10-12-5-3-7-18-14(12)15(16)17/h3,5,7,13H,2,4,6,8-11H2,1H3,(H3,16,17). The molecule has 1 aromatic heterocycles. The van der Waals surface area contributed by atoms with Crippen LogP contribution in [0.2, 0.25) is 0 Å². The number of likely N-dealkylation sites (tertiary alicyclic amines) is 1. The highest BCUT2D eigenvalue weighted by Crippen LogP contribution is 2.17. The zero-order valence-corrected chi connectivity index (χ0v) is 12.1. The average molecular weight is 276 g/mol. The number of nitrogens with one attached hydrogen (secondary N) is 1. The Hall–Kier alpha value is -1.46. The Morgan fingerprint density at radius 2 is 2.45 bits per heavy atom. The fraction of sp³-hybridized carbons (Fsp3) is 0.600. The molecule has 1 saturated heterocycles. The van der Waals surface area contributed by atoms with E-state index in [0.717, 1.165) is 51.1 Å². The Morgan fingerprint density at radius 1 is 1.60 bits per heavy atom. The molecule has 0 amide bonds. The number of piperidine rings is 1. The maximum Gasteiger partial charge on any atom is 0.142 e. The van der Waals surface area contributed by atoms with E-state index in [-0.39, 0.29) is 5.84 Å². The van der Waals surface area contributed by atoms with E-state index >= 15 is 0 Å². The number of amidine groups is 1. The molecule has 1 fully saturated rings. The molecule has 1 aliphatic rings. The van der Waals surface area contributed by atoms with Crippen LogP contribution < -0.4 is 5.73 Å². The van der Waals surface area contributed by atoms with Crippen molar-refractivity contribution in [3.63, 3.8) is 0 Å². The third kappa shape index (κ3) is 4.02. The Bertz CT molecular complexity index is 449. The number of hydrogen-bond acceptors (Lipinski definition) is 4. The smallest absolute Gasteiger partial charge is 0.142 e. The third-order valence-corrected chi connectivity index (χ3v) is 3.56. The van der Waals surface area contributed by atoms with Gasteiger partial charge >= 0.3 is 0 Å². The van der Waals surface area contributed by atoms with Crippen LogP contribution in [0.4, 0.5) is 0 Å². The van der Waals surface area contributed by atoms with Gasteiger partial charge in [-0.25, -0.2) is 0 Å². The summed E-state index contributed by atoms with van der Waals surface area (Å²) >= 11 is 0. The predicted molar refractivity (Wildman–Crippen MR) is 79.8 cm³/mol. The van der Waals surface area contributed by atoms with Gasteiger partial charge in [0.1, 0.15) is 11.5 Å². The number of pyridine rings is 1. The number of nitrogens with zero attached hydrogens (tertiary/aromatic N) is 2. The van der Waals surface area contributed by atoms with Gasteiger partial charge in [-0.05, 0) is 37.4 Å². The molecule has 3 N–H and O–H groups in total. The molecule has 5 nitrogen and oxygen atoms in total. The van der Waals surface area contributed by atoms with Gasteiger partial charge in [0.25, 0.3) is 0 Å². The van der Waals surface area contributed by atoms with Gasteiger partial charge in [-0.3, -0.25) is 15.3 Å². The zero-order valence-electron chi connectivity index (χ0n) is 12.1. The number of nitrogens with two attached hydrogens (primary N) is 1. The summed E-state index contributed by atoms with van der Waals surface area (Å²) in [6.45, 7) is 5.78. The van der Waals surface area contributed by atoms with E-state index in [0.29, 0.717) is 11.8 Å². The van der Waals surface area contributed by atoms with Crippen molar-refractivity contribution in [2.75, 3.05) is 19.7 Å². The summed E-state index contributed by atoms with van der Waals surface area (Å²) in [4.78, 5) is 6.57. The van der Waals surface area contributed by atoms with Gasteiger partial charge in [0, 0.05) is 25.9 Å². The minimum absolute atomic E-state index is 0.0383. The molecule has 0 aliphatic carbocycles. The number of rotatable bonds is 6. The zero-order chi connectivity index (χ0) is 14.4. The number of hydrogen-bond donors (Lipinski definition) is 2. The van der Waals surface area contributed by atoms with Crippen LogP contribution in [0.15, 0.2) is 18.3 Å². The highest BCUT2D eigenvalue weighted by atomic mass is 16.5. The van der Waals surface area contributed by atoms with Gasteiger partial charge in [0.2, 0.25) is 0 Å². The fourth-order valence-corrected chi connectivity index (χ4v) is 2.63. The van der Waals surface area contributed by atoms with E-state index in [1.165, 1.54) is 0 Å². The third-order valence-electron chi connectivity index (χ3n) is 3.56. The molecule has 2 heterocycles. The fourth-order valence-electron chi connectivity index (χ4n) is 2.63. The largest absolute Gasteiger partial charge is 0.382 e. The first kappa shape index (κ1) is 14.9. The van der Waals surface area contributed by atoms with Crippen molar-refractivity contribution in [1.29, 1.82) is 5.41 Å². The van der Waals surface area contributed by atoms with E-state index in [2.05, 4.69) is 16.8 Å². The lowest BCUT2D eigenvalue weighted by Gasteiger charge is -2.32. The second-order valence-corrected chi connectivity index (χ2v) is 5.29. The number of ether oxygens (including phenoxy) is 1. The minimum Gasteiger partial charge on any atom is -0.382 e.